The number of aromatic nitrogens is 3. The van der Waals surface area contributed by atoms with Gasteiger partial charge in [-0.05, 0) is 47.0 Å². The summed E-state index contributed by atoms with van der Waals surface area (Å²) in [7, 11) is 0. The predicted octanol–water partition coefficient (Wildman–Crippen LogP) is 2.92. The normalized spacial score (nSPS) is 12.7. The number of halogens is 2. The minimum absolute atomic E-state index is 0.315. The van der Waals surface area contributed by atoms with Crippen molar-refractivity contribution in [3.05, 3.63) is 39.9 Å². The highest BCUT2D eigenvalue weighted by atomic mass is 79.9. The van der Waals surface area contributed by atoms with Crippen LogP contribution in [0.15, 0.2) is 22.8 Å². The van der Waals surface area contributed by atoms with Crippen molar-refractivity contribution >= 4 is 15.9 Å². The first-order valence-corrected chi connectivity index (χ1v) is 6.38. The highest BCUT2D eigenvalue weighted by Gasteiger charge is 2.13. The molecule has 0 amide bonds. The van der Waals surface area contributed by atoms with Gasteiger partial charge in [0.1, 0.15) is 11.5 Å². The quantitative estimate of drug-likeness (QED) is 0.948. The zero-order chi connectivity index (χ0) is 13.3. The summed E-state index contributed by atoms with van der Waals surface area (Å²) in [6, 6.07) is 3.07. The lowest BCUT2D eigenvalue weighted by Crippen LogP contribution is -1.99. The number of aryl methyl sites for hydroxylation is 1. The maximum absolute atomic E-state index is 13.3. The first kappa shape index (κ1) is 13.2. The van der Waals surface area contributed by atoms with Gasteiger partial charge in [0.15, 0.2) is 0 Å². The summed E-state index contributed by atoms with van der Waals surface area (Å²) < 4.78 is 15.2. The van der Waals surface area contributed by atoms with Crippen molar-refractivity contribution in [2.24, 2.45) is 0 Å². The van der Waals surface area contributed by atoms with Crippen molar-refractivity contribution in [1.29, 1.82) is 0 Å². The molecule has 4 nitrogen and oxygen atoms in total. The molecule has 1 unspecified atom stereocenters. The molecule has 0 saturated carbocycles. The molecule has 6 heteroatoms. The summed E-state index contributed by atoms with van der Waals surface area (Å²) in [5.41, 5.74) is 1.99. The number of hydrogen-bond acceptors (Lipinski definition) is 3. The molecule has 18 heavy (non-hydrogen) atoms. The van der Waals surface area contributed by atoms with Gasteiger partial charge in [0.2, 0.25) is 0 Å². The molecule has 0 saturated heterocycles. The van der Waals surface area contributed by atoms with Gasteiger partial charge in [0.05, 0.1) is 22.5 Å². The van der Waals surface area contributed by atoms with Crippen molar-refractivity contribution in [2.45, 2.75) is 26.4 Å². The Morgan fingerprint density at radius 3 is 2.89 bits per heavy atom. The van der Waals surface area contributed by atoms with Crippen molar-refractivity contribution in [1.82, 2.24) is 15.0 Å². The molecule has 2 rings (SSSR count). The maximum Gasteiger partial charge on any atom is 0.137 e. The summed E-state index contributed by atoms with van der Waals surface area (Å²) >= 11 is 3.14. The van der Waals surface area contributed by atoms with Crippen LogP contribution in [0.5, 0.6) is 0 Å². The molecular weight excluding hydrogens is 301 g/mol. The van der Waals surface area contributed by atoms with Crippen LogP contribution in [0.1, 0.15) is 30.7 Å². The third-order valence-corrected chi connectivity index (χ3v) is 3.33. The van der Waals surface area contributed by atoms with E-state index in [0.717, 1.165) is 11.3 Å². The first-order valence-electron chi connectivity index (χ1n) is 5.59. The molecule has 1 aromatic heterocycles. The summed E-state index contributed by atoms with van der Waals surface area (Å²) in [6.45, 7) is 3.66. The molecule has 0 radical (unpaired) electrons. The summed E-state index contributed by atoms with van der Waals surface area (Å²) in [4.78, 5) is 0. The number of nitrogens with zero attached hydrogens (tertiary/aromatic N) is 3. The van der Waals surface area contributed by atoms with Gasteiger partial charge in [-0.25, -0.2) is 9.07 Å². The zero-order valence-electron chi connectivity index (χ0n) is 10.1. The van der Waals surface area contributed by atoms with E-state index in [1.807, 2.05) is 6.92 Å². The average molecular weight is 314 g/mol. The second kappa shape index (κ2) is 5.16. The third kappa shape index (κ3) is 2.44. The fraction of sp³-hybridized carbons (Fsp3) is 0.333. The maximum atomic E-state index is 13.3. The van der Waals surface area contributed by atoms with Gasteiger partial charge in [0, 0.05) is 0 Å². The largest absolute Gasteiger partial charge is 0.387 e. The predicted molar refractivity (Wildman–Crippen MR) is 69.0 cm³/mol. The Morgan fingerprint density at radius 1 is 1.50 bits per heavy atom. The van der Waals surface area contributed by atoms with Gasteiger partial charge in [-0.15, -0.1) is 5.10 Å². The smallest absolute Gasteiger partial charge is 0.137 e. The molecule has 1 N–H and O–H groups in total. The number of aliphatic hydroxyl groups excluding tert-OH is 1. The molecule has 0 spiro atoms. The topological polar surface area (TPSA) is 50.9 Å². The minimum atomic E-state index is -0.622. The Morgan fingerprint density at radius 2 is 2.22 bits per heavy atom. The molecule has 1 aromatic carbocycles. The Kier molecular flexibility index (Phi) is 3.77. The van der Waals surface area contributed by atoms with Crippen molar-refractivity contribution < 1.29 is 9.50 Å². The Hall–Kier alpha value is -1.27. The molecule has 96 valence electrons. The van der Waals surface area contributed by atoms with E-state index in [4.69, 9.17) is 0 Å². The van der Waals surface area contributed by atoms with Gasteiger partial charge >= 0.3 is 0 Å². The van der Waals surface area contributed by atoms with E-state index < -0.39 is 6.10 Å². The van der Waals surface area contributed by atoms with E-state index in [0.29, 0.717) is 16.6 Å². The van der Waals surface area contributed by atoms with Gasteiger partial charge in [-0.3, -0.25) is 0 Å². The molecule has 0 fully saturated rings. The van der Waals surface area contributed by atoms with Crippen molar-refractivity contribution in [2.75, 3.05) is 0 Å². The van der Waals surface area contributed by atoms with Crippen LogP contribution in [0.3, 0.4) is 0 Å². The highest BCUT2D eigenvalue weighted by Crippen LogP contribution is 2.23. The highest BCUT2D eigenvalue weighted by molar-refractivity contribution is 9.10. The summed E-state index contributed by atoms with van der Waals surface area (Å²) in [5.74, 6) is -0.315. The lowest BCUT2D eigenvalue weighted by atomic mass is 10.2. The lowest BCUT2D eigenvalue weighted by molar-refractivity contribution is 0.169. The van der Waals surface area contributed by atoms with Crippen molar-refractivity contribution in [3.63, 3.8) is 0 Å². The van der Waals surface area contributed by atoms with Gasteiger partial charge < -0.3 is 5.11 Å². The molecule has 0 bridgehead atoms. The van der Waals surface area contributed by atoms with Crippen LogP contribution in [-0.4, -0.2) is 20.1 Å². The zero-order valence-corrected chi connectivity index (χ0v) is 11.6. The molecule has 0 aliphatic heterocycles. The molecule has 0 aliphatic carbocycles. The lowest BCUT2D eigenvalue weighted by Gasteiger charge is -2.06. The summed E-state index contributed by atoms with van der Waals surface area (Å²) in [5, 5.41) is 17.5. The Labute approximate surface area is 113 Å². The van der Waals surface area contributed by atoms with Gasteiger partial charge in [-0.1, -0.05) is 12.1 Å². The fourth-order valence-corrected chi connectivity index (χ4v) is 1.97. The molecule has 1 atom stereocenters. The summed E-state index contributed by atoms with van der Waals surface area (Å²) in [6.07, 6.45) is 1.61. The molecule has 1 heterocycles. The van der Waals surface area contributed by atoms with Crippen LogP contribution >= 0.6 is 15.9 Å². The van der Waals surface area contributed by atoms with Crippen molar-refractivity contribution in [3.8, 4) is 5.69 Å². The van der Waals surface area contributed by atoms with E-state index in [-0.39, 0.29) is 5.82 Å². The molecule has 2 aromatic rings. The van der Waals surface area contributed by atoms with Crippen LogP contribution < -0.4 is 0 Å². The van der Waals surface area contributed by atoms with E-state index in [1.165, 1.54) is 10.7 Å². The number of rotatable bonds is 3. The van der Waals surface area contributed by atoms with E-state index in [1.54, 1.807) is 19.2 Å². The minimum Gasteiger partial charge on any atom is -0.387 e. The van der Waals surface area contributed by atoms with Crippen LogP contribution in [0.4, 0.5) is 4.39 Å². The van der Waals surface area contributed by atoms with Crippen LogP contribution in [0.25, 0.3) is 5.69 Å². The second-order valence-corrected chi connectivity index (χ2v) is 4.92. The Balaban J connectivity index is 2.43. The Bertz CT molecular complexity index is 570. The fourth-order valence-electron chi connectivity index (χ4n) is 1.64. The standard InChI is InChI=1S/C12H13BrFN3O/c1-3-12(18)10-6-17(16-15-10)11-5-8(13)9(14)4-7(11)2/h4-6,12,18H,3H2,1-2H3. The van der Waals surface area contributed by atoms with E-state index >= 15 is 0 Å². The van der Waals surface area contributed by atoms with Crippen LogP contribution in [0, 0.1) is 12.7 Å². The third-order valence-electron chi connectivity index (χ3n) is 2.72. The number of hydrogen-bond donors (Lipinski definition) is 1. The SMILES string of the molecule is CCC(O)c1cn(-c2cc(Br)c(F)cc2C)nn1. The van der Waals surface area contributed by atoms with E-state index in [9.17, 15) is 9.50 Å². The van der Waals surface area contributed by atoms with Gasteiger partial charge in [0.25, 0.3) is 0 Å². The monoisotopic (exact) mass is 313 g/mol. The first-order chi connectivity index (χ1) is 8.52. The van der Waals surface area contributed by atoms with Crippen LogP contribution in [-0.2, 0) is 0 Å². The van der Waals surface area contributed by atoms with Crippen LogP contribution in [0.2, 0.25) is 0 Å². The number of benzene rings is 1. The second-order valence-electron chi connectivity index (χ2n) is 4.06. The molecular formula is C12H13BrFN3O. The number of aliphatic hydroxyl groups is 1. The van der Waals surface area contributed by atoms with Gasteiger partial charge in [-0.2, -0.15) is 0 Å². The molecule has 0 aliphatic rings. The van der Waals surface area contributed by atoms with E-state index in [2.05, 4.69) is 26.2 Å². The average Bonchev–Trinajstić information content (AvgIpc) is 2.82.